The molecular weight excluding hydrogens is 192 g/mol. The molecule has 0 fully saturated rings. The average Bonchev–Trinajstić information content (AvgIpc) is 2.52. The van der Waals surface area contributed by atoms with E-state index in [1.165, 1.54) is 0 Å². The van der Waals surface area contributed by atoms with Gasteiger partial charge >= 0.3 is 0 Å². The Morgan fingerprint density at radius 1 is 1.60 bits per heavy atom. The highest BCUT2D eigenvalue weighted by Gasteiger charge is 2.07. The SMILES string of the molecule is CNCc1nccn1CC(=O)NC(C)C. The van der Waals surface area contributed by atoms with Crippen molar-refractivity contribution in [2.45, 2.75) is 33.0 Å². The van der Waals surface area contributed by atoms with Gasteiger partial charge in [0, 0.05) is 18.4 Å². The van der Waals surface area contributed by atoms with Gasteiger partial charge in [-0.2, -0.15) is 0 Å². The fraction of sp³-hybridized carbons (Fsp3) is 0.600. The molecule has 1 aromatic rings. The number of imidazole rings is 1. The fourth-order valence-corrected chi connectivity index (χ4v) is 1.33. The van der Waals surface area contributed by atoms with E-state index in [-0.39, 0.29) is 11.9 Å². The van der Waals surface area contributed by atoms with Crippen molar-refractivity contribution < 1.29 is 4.79 Å². The average molecular weight is 210 g/mol. The monoisotopic (exact) mass is 210 g/mol. The van der Waals surface area contributed by atoms with E-state index in [1.807, 2.05) is 31.7 Å². The van der Waals surface area contributed by atoms with Gasteiger partial charge in [-0.15, -0.1) is 0 Å². The second-order valence-electron chi connectivity index (χ2n) is 3.72. The number of nitrogens with zero attached hydrogens (tertiary/aromatic N) is 2. The molecule has 0 saturated heterocycles. The number of hydrogen-bond acceptors (Lipinski definition) is 3. The molecule has 0 spiro atoms. The van der Waals surface area contributed by atoms with E-state index in [2.05, 4.69) is 15.6 Å². The number of aromatic nitrogens is 2. The van der Waals surface area contributed by atoms with Crippen LogP contribution in [0.15, 0.2) is 12.4 Å². The Balaban J connectivity index is 2.55. The molecule has 1 amide bonds. The van der Waals surface area contributed by atoms with E-state index in [0.717, 1.165) is 5.82 Å². The maximum atomic E-state index is 11.5. The first kappa shape index (κ1) is 11.7. The van der Waals surface area contributed by atoms with E-state index >= 15 is 0 Å². The molecule has 0 saturated carbocycles. The number of rotatable bonds is 5. The minimum absolute atomic E-state index is 0.0142. The molecule has 1 rings (SSSR count). The molecule has 1 heterocycles. The predicted octanol–water partition coefficient (Wildman–Crippen LogP) is 0.127. The van der Waals surface area contributed by atoms with Crippen LogP contribution in [0.25, 0.3) is 0 Å². The lowest BCUT2D eigenvalue weighted by Crippen LogP contribution is -2.33. The molecule has 5 heteroatoms. The van der Waals surface area contributed by atoms with Gasteiger partial charge in [0.2, 0.25) is 5.91 Å². The Kier molecular flexibility index (Phi) is 4.30. The van der Waals surface area contributed by atoms with Crippen LogP contribution in [0, 0.1) is 0 Å². The zero-order valence-electron chi connectivity index (χ0n) is 9.45. The Labute approximate surface area is 89.9 Å². The van der Waals surface area contributed by atoms with Gasteiger partial charge in [-0.25, -0.2) is 4.98 Å². The van der Waals surface area contributed by atoms with Gasteiger partial charge in [0.1, 0.15) is 12.4 Å². The van der Waals surface area contributed by atoms with Crippen molar-refractivity contribution >= 4 is 5.91 Å². The minimum Gasteiger partial charge on any atom is -0.352 e. The van der Waals surface area contributed by atoms with E-state index in [4.69, 9.17) is 0 Å². The maximum absolute atomic E-state index is 11.5. The number of amides is 1. The number of carbonyl (C=O) groups is 1. The second kappa shape index (κ2) is 5.50. The Hall–Kier alpha value is -1.36. The Morgan fingerprint density at radius 3 is 2.93 bits per heavy atom. The summed E-state index contributed by atoms with van der Waals surface area (Å²) in [6, 6.07) is 0.175. The standard InChI is InChI=1S/C10H18N4O/c1-8(2)13-10(15)7-14-5-4-12-9(14)6-11-3/h4-5,8,11H,6-7H2,1-3H3,(H,13,15). The molecule has 0 atom stereocenters. The van der Waals surface area contributed by atoms with Gasteiger partial charge in [-0.1, -0.05) is 0 Å². The molecular formula is C10H18N4O. The summed E-state index contributed by atoms with van der Waals surface area (Å²) >= 11 is 0. The van der Waals surface area contributed by atoms with Crippen LogP contribution in [0.2, 0.25) is 0 Å². The highest BCUT2D eigenvalue weighted by atomic mass is 16.2. The zero-order valence-corrected chi connectivity index (χ0v) is 9.45. The van der Waals surface area contributed by atoms with Crippen molar-refractivity contribution in [3.8, 4) is 0 Å². The van der Waals surface area contributed by atoms with E-state index in [1.54, 1.807) is 6.20 Å². The number of nitrogens with one attached hydrogen (secondary N) is 2. The van der Waals surface area contributed by atoms with Gasteiger partial charge < -0.3 is 15.2 Å². The van der Waals surface area contributed by atoms with Crippen molar-refractivity contribution in [2.24, 2.45) is 0 Å². The van der Waals surface area contributed by atoms with Gasteiger partial charge in [0.05, 0.1) is 6.54 Å². The lowest BCUT2D eigenvalue weighted by Gasteiger charge is -2.10. The van der Waals surface area contributed by atoms with E-state index < -0.39 is 0 Å². The normalized spacial score (nSPS) is 10.7. The molecule has 0 aromatic carbocycles. The lowest BCUT2D eigenvalue weighted by molar-refractivity contribution is -0.122. The summed E-state index contributed by atoms with van der Waals surface area (Å²) in [7, 11) is 1.85. The van der Waals surface area contributed by atoms with Crippen molar-refractivity contribution in [2.75, 3.05) is 7.05 Å². The molecule has 0 aliphatic carbocycles. The second-order valence-corrected chi connectivity index (χ2v) is 3.72. The zero-order chi connectivity index (χ0) is 11.3. The maximum Gasteiger partial charge on any atom is 0.240 e. The van der Waals surface area contributed by atoms with Crippen LogP contribution in [-0.4, -0.2) is 28.5 Å². The number of carbonyl (C=O) groups excluding carboxylic acids is 1. The van der Waals surface area contributed by atoms with Crippen LogP contribution in [0.3, 0.4) is 0 Å². The first-order chi connectivity index (χ1) is 7.13. The first-order valence-electron chi connectivity index (χ1n) is 5.07. The Morgan fingerprint density at radius 2 is 2.33 bits per heavy atom. The summed E-state index contributed by atoms with van der Waals surface area (Å²) in [5.74, 6) is 0.886. The predicted molar refractivity (Wildman–Crippen MR) is 58.3 cm³/mol. The molecule has 0 bridgehead atoms. The van der Waals surface area contributed by atoms with Crippen LogP contribution < -0.4 is 10.6 Å². The molecule has 0 aliphatic rings. The molecule has 0 unspecified atom stereocenters. The number of hydrogen-bond donors (Lipinski definition) is 2. The van der Waals surface area contributed by atoms with E-state index in [0.29, 0.717) is 13.1 Å². The molecule has 0 aliphatic heterocycles. The molecule has 2 N–H and O–H groups in total. The van der Waals surface area contributed by atoms with Gasteiger partial charge in [-0.3, -0.25) is 4.79 Å². The quantitative estimate of drug-likeness (QED) is 0.726. The van der Waals surface area contributed by atoms with Crippen molar-refractivity contribution in [1.29, 1.82) is 0 Å². The van der Waals surface area contributed by atoms with Crippen LogP contribution in [0.1, 0.15) is 19.7 Å². The Bertz CT molecular complexity index is 319. The van der Waals surface area contributed by atoms with Crippen molar-refractivity contribution in [1.82, 2.24) is 20.2 Å². The summed E-state index contributed by atoms with van der Waals surface area (Å²) in [5, 5.41) is 5.85. The van der Waals surface area contributed by atoms with Crippen molar-refractivity contribution in [3.05, 3.63) is 18.2 Å². The summed E-state index contributed by atoms with van der Waals surface area (Å²) in [4.78, 5) is 15.7. The van der Waals surface area contributed by atoms with Crippen LogP contribution in [0.4, 0.5) is 0 Å². The third-order valence-electron chi connectivity index (χ3n) is 1.90. The fourth-order valence-electron chi connectivity index (χ4n) is 1.33. The first-order valence-corrected chi connectivity index (χ1v) is 5.07. The van der Waals surface area contributed by atoms with Crippen LogP contribution >= 0.6 is 0 Å². The van der Waals surface area contributed by atoms with Gasteiger partial charge in [0.25, 0.3) is 0 Å². The molecule has 5 nitrogen and oxygen atoms in total. The smallest absolute Gasteiger partial charge is 0.240 e. The molecule has 84 valence electrons. The van der Waals surface area contributed by atoms with Gasteiger partial charge in [0.15, 0.2) is 0 Å². The summed E-state index contributed by atoms with van der Waals surface area (Å²) in [6.45, 7) is 4.89. The lowest BCUT2D eigenvalue weighted by atomic mass is 10.4. The summed E-state index contributed by atoms with van der Waals surface area (Å²) in [6.07, 6.45) is 3.52. The topological polar surface area (TPSA) is 59.0 Å². The van der Waals surface area contributed by atoms with E-state index in [9.17, 15) is 4.79 Å². The summed E-state index contributed by atoms with van der Waals surface area (Å²) < 4.78 is 1.84. The highest BCUT2D eigenvalue weighted by molar-refractivity contribution is 5.76. The third kappa shape index (κ3) is 3.71. The van der Waals surface area contributed by atoms with Gasteiger partial charge in [-0.05, 0) is 20.9 Å². The minimum atomic E-state index is 0.0142. The largest absolute Gasteiger partial charge is 0.352 e. The van der Waals surface area contributed by atoms with Crippen molar-refractivity contribution in [3.63, 3.8) is 0 Å². The summed E-state index contributed by atoms with van der Waals surface area (Å²) in [5.41, 5.74) is 0. The molecule has 1 aromatic heterocycles. The third-order valence-corrected chi connectivity index (χ3v) is 1.90. The highest BCUT2D eigenvalue weighted by Crippen LogP contribution is 1.97. The molecule has 15 heavy (non-hydrogen) atoms. The van der Waals surface area contributed by atoms with Crippen LogP contribution in [-0.2, 0) is 17.9 Å². The van der Waals surface area contributed by atoms with Crippen LogP contribution in [0.5, 0.6) is 0 Å². The molecule has 0 radical (unpaired) electrons.